The Hall–Kier alpha value is -1.71. The lowest BCUT2D eigenvalue weighted by atomic mass is 10.2. The standard InChI is InChI=1S/C9H10N2O2/c1-7(2)6-8-9(11(12)13)4-3-5-10-8/h3-6H,1-2H3. The van der Waals surface area contributed by atoms with Crippen molar-refractivity contribution in [1.29, 1.82) is 0 Å². The number of rotatable bonds is 2. The number of pyridine rings is 1. The molecule has 0 bridgehead atoms. The van der Waals surface area contributed by atoms with Crippen molar-refractivity contribution in [2.75, 3.05) is 0 Å². The van der Waals surface area contributed by atoms with Crippen LogP contribution in [0.1, 0.15) is 19.5 Å². The second kappa shape index (κ2) is 3.80. The number of hydrogen-bond acceptors (Lipinski definition) is 3. The minimum absolute atomic E-state index is 0.0451. The van der Waals surface area contributed by atoms with E-state index in [1.54, 1.807) is 18.3 Å². The maximum absolute atomic E-state index is 10.5. The molecule has 0 saturated carbocycles. The fraction of sp³-hybridized carbons (Fsp3) is 0.222. The third-order valence-electron chi connectivity index (χ3n) is 1.44. The van der Waals surface area contributed by atoms with Crippen LogP contribution in [0.5, 0.6) is 0 Å². The van der Waals surface area contributed by atoms with E-state index in [4.69, 9.17) is 0 Å². The fourth-order valence-corrected chi connectivity index (χ4v) is 0.948. The molecule has 1 rings (SSSR count). The van der Waals surface area contributed by atoms with Gasteiger partial charge < -0.3 is 0 Å². The van der Waals surface area contributed by atoms with Crippen LogP contribution < -0.4 is 0 Å². The summed E-state index contributed by atoms with van der Waals surface area (Å²) in [4.78, 5) is 14.0. The third kappa shape index (κ3) is 2.37. The Kier molecular flexibility index (Phi) is 2.74. The van der Waals surface area contributed by atoms with E-state index in [1.807, 2.05) is 13.8 Å². The van der Waals surface area contributed by atoms with Crippen LogP contribution in [-0.2, 0) is 0 Å². The highest BCUT2D eigenvalue weighted by atomic mass is 16.6. The van der Waals surface area contributed by atoms with Gasteiger partial charge in [-0.1, -0.05) is 5.57 Å². The van der Waals surface area contributed by atoms with E-state index in [9.17, 15) is 10.1 Å². The Morgan fingerprint density at radius 2 is 2.31 bits per heavy atom. The summed E-state index contributed by atoms with van der Waals surface area (Å²) in [5.41, 5.74) is 1.44. The molecule has 1 aromatic rings. The van der Waals surface area contributed by atoms with E-state index in [-0.39, 0.29) is 5.69 Å². The zero-order valence-corrected chi connectivity index (χ0v) is 7.52. The van der Waals surface area contributed by atoms with Gasteiger partial charge in [0.15, 0.2) is 0 Å². The second-order valence-corrected chi connectivity index (χ2v) is 2.89. The monoisotopic (exact) mass is 178 g/mol. The molecule has 0 aromatic carbocycles. The van der Waals surface area contributed by atoms with Gasteiger partial charge in [-0.2, -0.15) is 0 Å². The molecule has 0 N–H and O–H groups in total. The highest BCUT2D eigenvalue weighted by molar-refractivity contribution is 5.58. The summed E-state index contributed by atoms with van der Waals surface area (Å²) in [5, 5.41) is 10.5. The van der Waals surface area contributed by atoms with Gasteiger partial charge in [-0.3, -0.25) is 10.1 Å². The van der Waals surface area contributed by atoms with Crippen LogP contribution in [0, 0.1) is 10.1 Å². The first-order chi connectivity index (χ1) is 6.11. The zero-order chi connectivity index (χ0) is 9.84. The van der Waals surface area contributed by atoms with Gasteiger partial charge in [-0.05, 0) is 26.0 Å². The van der Waals surface area contributed by atoms with Crippen LogP contribution in [0.25, 0.3) is 6.08 Å². The molecule has 0 aliphatic rings. The lowest BCUT2D eigenvalue weighted by Crippen LogP contribution is -1.93. The van der Waals surface area contributed by atoms with Crippen molar-refractivity contribution in [3.63, 3.8) is 0 Å². The molecule has 0 saturated heterocycles. The van der Waals surface area contributed by atoms with Crippen molar-refractivity contribution < 1.29 is 4.92 Å². The fourth-order valence-electron chi connectivity index (χ4n) is 0.948. The minimum Gasteiger partial charge on any atom is -0.258 e. The molecule has 4 nitrogen and oxygen atoms in total. The lowest BCUT2D eigenvalue weighted by molar-refractivity contribution is -0.385. The van der Waals surface area contributed by atoms with Crippen LogP contribution in [0.3, 0.4) is 0 Å². The quantitative estimate of drug-likeness (QED) is 0.516. The molecule has 0 spiro atoms. The van der Waals surface area contributed by atoms with E-state index in [1.165, 1.54) is 6.07 Å². The van der Waals surface area contributed by atoms with E-state index < -0.39 is 4.92 Å². The van der Waals surface area contributed by atoms with E-state index in [0.717, 1.165) is 5.57 Å². The van der Waals surface area contributed by atoms with Gasteiger partial charge in [0.2, 0.25) is 0 Å². The highest BCUT2D eigenvalue weighted by Crippen LogP contribution is 2.17. The number of hydrogen-bond donors (Lipinski definition) is 0. The molecule has 0 fully saturated rings. The Bertz CT molecular complexity index is 354. The first kappa shape index (κ1) is 9.38. The van der Waals surface area contributed by atoms with Gasteiger partial charge in [0, 0.05) is 12.3 Å². The van der Waals surface area contributed by atoms with E-state index in [2.05, 4.69) is 4.98 Å². The smallest absolute Gasteiger partial charge is 0.258 e. The molecule has 0 aliphatic carbocycles. The molecular formula is C9H10N2O2. The molecule has 0 atom stereocenters. The minimum atomic E-state index is -0.429. The van der Waals surface area contributed by atoms with Gasteiger partial charge in [0.1, 0.15) is 5.69 Å². The summed E-state index contributed by atoms with van der Waals surface area (Å²) in [6, 6.07) is 3.00. The number of allylic oxidation sites excluding steroid dienone is 1. The van der Waals surface area contributed by atoms with Crippen LogP contribution in [0.15, 0.2) is 23.9 Å². The van der Waals surface area contributed by atoms with Gasteiger partial charge in [-0.25, -0.2) is 4.98 Å². The Balaban J connectivity index is 3.20. The van der Waals surface area contributed by atoms with Crippen molar-refractivity contribution in [1.82, 2.24) is 4.98 Å². The molecule has 0 unspecified atom stereocenters. The molecule has 1 heterocycles. The van der Waals surface area contributed by atoms with Crippen LogP contribution in [-0.4, -0.2) is 9.91 Å². The van der Waals surface area contributed by atoms with Crippen molar-refractivity contribution in [3.8, 4) is 0 Å². The normalized spacial score (nSPS) is 9.38. The number of nitro groups is 1. The largest absolute Gasteiger partial charge is 0.294 e. The summed E-state index contributed by atoms with van der Waals surface area (Å²) in [5.74, 6) is 0. The number of nitrogens with zero attached hydrogens (tertiary/aromatic N) is 2. The van der Waals surface area contributed by atoms with Crippen molar-refractivity contribution in [3.05, 3.63) is 39.7 Å². The maximum atomic E-state index is 10.5. The van der Waals surface area contributed by atoms with Crippen LogP contribution in [0.2, 0.25) is 0 Å². The van der Waals surface area contributed by atoms with Gasteiger partial charge in [-0.15, -0.1) is 0 Å². The third-order valence-corrected chi connectivity index (χ3v) is 1.44. The molecule has 1 aromatic heterocycles. The Morgan fingerprint density at radius 1 is 1.62 bits per heavy atom. The zero-order valence-electron chi connectivity index (χ0n) is 7.52. The molecular weight excluding hydrogens is 168 g/mol. The summed E-state index contributed by atoms with van der Waals surface area (Å²) in [7, 11) is 0. The topological polar surface area (TPSA) is 56.0 Å². The molecule has 0 radical (unpaired) electrons. The van der Waals surface area contributed by atoms with Gasteiger partial charge in [0.05, 0.1) is 4.92 Å². The van der Waals surface area contributed by atoms with E-state index >= 15 is 0 Å². The van der Waals surface area contributed by atoms with Gasteiger partial charge in [0.25, 0.3) is 5.69 Å². The first-order valence-electron chi connectivity index (χ1n) is 3.85. The van der Waals surface area contributed by atoms with Crippen molar-refractivity contribution in [2.45, 2.75) is 13.8 Å². The summed E-state index contributed by atoms with van der Waals surface area (Å²) in [6.07, 6.45) is 3.24. The molecule has 0 aliphatic heterocycles. The lowest BCUT2D eigenvalue weighted by Gasteiger charge is -1.95. The molecule has 68 valence electrons. The average molecular weight is 178 g/mol. The predicted molar refractivity (Wildman–Crippen MR) is 50.2 cm³/mol. The van der Waals surface area contributed by atoms with Gasteiger partial charge >= 0.3 is 0 Å². The Labute approximate surface area is 76.1 Å². The van der Waals surface area contributed by atoms with Crippen molar-refractivity contribution in [2.24, 2.45) is 0 Å². The SMILES string of the molecule is CC(C)=Cc1ncccc1[N+](=O)[O-]. The van der Waals surface area contributed by atoms with Crippen LogP contribution in [0.4, 0.5) is 5.69 Å². The predicted octanol–water partition coefficient (Wildman–Crippen LogP) is 2.41. The van der Waals surface area contributed by atoms with Crippen LogP contribution >= 0.6 is 0 Å². The summed E-state index contributed by atoms with van der Waals surface area (Å²) in [6.45, 7) is 3.75. The first-order valence-corrected chi connectivity index (χ1v) is 3.85. The molecule has 0 amide bonds. The highest BCUT2D eigenvalue weighted by Gasteiger charge is 2.10. The van der Waals surface area contributed by atoms with E-state index in [0.29, 0.717) is 5.69 Å². The van der Waals surface area contributed by atoms with Crippen molar-refractivity contribution >= 4 is 11.8 Å². The average Bonchev–Trinajstić information content (AvgIpc) is 2.03. The maximum Gasteiger partial charge on any atom is 0.294 e. The molecule has 4 heteroatoms. The molecule has 13 heavy (non-hydrogen) atoms. The second-order valence-electron chi connectivity index (χ2n) is 2.89. The number of aromatic nitrogens is 1. The summed E-state index contributed by atoms with van der Waals surface area (Å²) >= 11 is 0. The Morgan fingerprint density at radius 3 is 2.85 bits per heavy atom. The summed E-state index contributed by atoms with van der Waals surface area (Å²) < 4.78 is 0.